The first-order valence-electron chi connectivity index (χ1n) is 6.06. The Kier molecular flexibility index (Phi) is 4.78. The van der Waals surface area contributed by atoms with E-state index in [2.05, 4.69) is 21.2 Å². The van der Waals surface area contributed by atoms with Crippen molar-refractivity contribution in [3.63, 3.8) is 0 Å². The highest BCUT2D eigenvalue weighted by atomic mass is 79.9. The zero-order valence-electron chi connectivity index (χ0n) is 11.0. The molecule has 0 fully saturated rings. The molecule has 0 aromatic heterocycles. The van der Waals surface area contributed by atoms with Crippen molar-refractivity contribution in [3.05, 3.63) is 57.0 Å². The fourth-order valence-corrected chi connectivity index (χ4v) is 2.39. The average Bonchev–Trinajstić information content (AvgIpc) is 2.45. The smallest absolute Gasteiger partial charge is 0.150 e. The van der Waals surface area contributed by atoms with Gasteiger partial charge in [-0.3, -0.25) is 0 Å². The van der Waals surface area contributed by atoms with E-state index in [0.29, 0.717) is 4.47 Å². The molecule has 0 saturated heterocycles. The van der Waals surface area contributed by atoms with Crippen molar-refractivity contribution in [1.82, 2.24) is 5.32 Å². The van der Waals surface area contributed by atoms with Crippen LogP contribution in [0.4, 0.5) is 8.78 Å². The van der Waals surface area contributed by atoms with Gasteiger partial charge in [-0.05, 0) is 53.7 Å². The van der Waals surface area contributed by atoms with Crippen LogP contribution in [0, 0.1) is 11.6 Å². The maximum Gasteiger partial charge on any atom is 0.150 e. The van der Waals surface area contributed by atoms with Gasteiger partial charge in [0.2, 0.25) is 0 Å². The molecule has 1 atom stereocenters. The molecule has 0 aliphatic carbocycles. The van der Waals surface area contributed by atoms with Gasteiger partial charge in [-0.1, -0.05) is 23.7 Å². The van der Waals surface area contributed by atoms with Crippen LogP contribution in [0.25, 0.3) is 11.1 Å². The summed E-state index contributed by atoms with van der Waals surface area (Å²) in [5.74, 6) is -1.11. The van der Waals surface area contributed by atoms with E-state index >= 15 is 0 Å². The minimum atomic E-state index is -0.630. The normalized spacial score (nSPS) is 12.5. The van der Waals surface area contributed by atoms with Crippen molar-refractivity contribution in [2.24, 2.45) is 0 Å². The SMILES string of the molecule is CNC(C)c1ccc(F)c(-c2ccc(Br)c(Cl)c2F)c1. The lowest BCUT2D eigenvalue weighted by atomic mass is 9.99. The molecule has 0 aliphatic heterocycles. The van der Waals surface area contributed by atoms with E-state index in [1.54, 1.807) is 18.2 Å². The summed E-state index contributed by atoms with van der Waals surface area (Å²) >= 11 is 9.00. The van der Waals surface area contributed by atoms with Crippen LogP contribution in [0.5, 0.6) is 0 Å². The molecule has 0 saturated carbocycles. The molecule has 1 nitrogen and oxygen atoms in total. The molecule has 1 N–H and O–H groups in total. The minimum Gasteiger partial charge on any atom is -0.313 e. The van der Waals surface area contributed by atoms with Crippen LogP contribution in [0.15, 0.2) is 34.8 Å². The maximum absolute atomic E-state index is 14.2. The summed E-state index contributed by atoms with van der Waals surface area (Å²) in [4.78, 5) is 0. The van der Waals surface area contributed by atoms with Crippen molar-refractivity contribution in [2.75, 3.05) is 7.05 Å². The monoisotopic (exact) mass is 359 g/mol. The fraction of sp³-hybridized carbons (Fsp3) is 0.200. The van der Waals surface area contributed by atoms with Gasteiger partial charge < -0.3 is 5.32 Å². The Morgan fingerprint density at radius 1 is 1.15 bits per heavy atom. The number of benzene rings is 2. The molecule has 1 unspecified atom stereocenters. The summed E-state index contributed by atoms with van der Waals surface area (Å²) in [5, 5.41) is 3.02. The lowest BCUT2D eigenvalue weighted by molar-refractivity contribution is 0.611. The van der Waals surface area contributed by atoms with Gasteiger partial charge >= 0.3 is 0 Å². The molecule has 0 radical (unpaired) electrons. The number of hydrogen-bond acceptors (Lipinski definition) is 1. The van der Waals surface area contributed by atoms with Crippen LogP contribution >= 0.6 is 27.5 Å². The summed E-state index contributed by atoms with van der Waals surface area (Å²) in [5.41, 5.74) is 1.24. The molecule has 20 heavy (non-hydrogen) atoms. The van der Waals surface area contributed by atoms with E-state index in [1.165, 1.54) is 12.1 Å². The van der Waals surface area contributed by atoms with Gasteiger partial charge in [0.15, 0.2) is 5.82 Å². The molecule has 0 spiro atoms. The molecule has 0 heterocycles. The van der Waals surface area contributed by atoms with Gasteiger partial charge in [-0.2, -0.15) is 0 Å². The third-order valence-electron chi connectivity index (χ3n) is 3.25. The minimum absolute atomic E-state index is 0.0448. The lowest BCUT2D eigenvalue weighted by Crippen LogP contribution is -2.12. The van der Waals surface area contributed by atoms with E-state index in [0.717, 1.165) is 5.56 Å². The Hall–Kier alpha value is -0.970. The largest absolute Gasteiger partial charge is 0.313 e. The molecule has 2 rings (SSSR count). The summed E-state index contributed by atoms with van der Waals surface area (Å²) < 4.78 is 28.6. The van der Waals surface area contributed by atoms with Crippen molar-refractivity contribution >= 4 is 27.5 Å². The highest BCUT2D eigenvalue weighted by molar-refractivity contribution is 9.10. The van der Waals surface area contributed by atoms with Crippen molar-refractivity contribution < 1.29 is 8.78 Å². The molecule has 2 aromatic rings. The zero-order valence-corrected chi connectivity index (χ0v) is 13.3. The van der Waals surface area contributed by atoms with Crippen molar-refractivity contribution in [1.29, 1.82) is 0 Å². The second-order valence-electron chi connectivity index (χ2n) is 4.47. The van der Waals surface area contributed by atoms with Crippen LogP contribution in [0.3, 0.4) is 0 Å². The first kappa shape index (κ1) is 15.4. The first-order valence-corrected chi connectivity index (χ1v) is 7.23. The van der Waals surface area contributed by atoms with Gasteiger partial charge in [-0.15, -0.1) is 0 Å². The van der Waals surface area contributed by atoms with Crippen LogP contribution in [-0.2, 0) is 0 Å². The summed E-state index contributed by atoms with van der Waals surface area (Å²) in [7, 11) is 1.81. The van der Waals surface area contributed by atoms with E-state index in [9.17, 15) is 8.78 Å². The van der Waals surface area contributed by atoms with E-state index in [-0.39, 0.29) is 22.2 Å². The second kappa shape index (κ2) is 6.20. The van der Waals surface area contributed by atoms with Gasteiger partial charge in [0.25, 0.3) is 0 Å². The van der Waals surface area contributed by atoms with Crippen LogP contribution in [0.1, 0.15) is 18.5 Å². The van der Waals surface area contributed by atoms with Crippen LogP contribution < -0.4 is 5.32 Å². The Morgan fingerprint density at radius 3 is 2.50 bits per heavy atom. The third kappa shape index (κ3) is 2.87. The highest BCUT2D eigenvalue weighted by Gasteiger charge is 2.16. The van der Waals surface area contributed by atoms with E-state index in [4.69, 9.17) is 11.6 Å². The molecule has 0 aliphatic rings. The zero-order chi connectivity index (χ0) is 14.9. The molecule has 5 heteroatoms. The Morgan fingerprint density at radius 2 is 1.85 bits per heavy atom. The molecule has 2 aromatic carbocycles. The standard InChI is InChI=1S/C15H13BrClF2N/c1-8(20-2)9-3-6-13(18)11(7-9)10-4-5-12(16)14(17)15(10)19/h3-8,20H,1-2H3. The molecular weight excluding hydrogens is 348 g/mol. The van der Waals surface area contributed by atoms with Gasteiger partial charge in [0, 0.05) is 21.6 Å². The number of nitrogens with one attached hydrogen (secondary N) is 1. The Labute approximate surface area is 130 Å². The lowest BCUT2D eigenvalue weighted by Gasteiger charge is -2.14. The number of halogens is 4. The average molecular weight is 361 g/mol. The maximum atomic E-state index is 14.2. The predicted molar refractivity (Wildman–Crippen MR) is 82.0 cm³/mol. The summed E-state index contributed by atoms with van der Waals surface area (Å²) in [6.07, 6.45) is 0. The van der Waals surface area contributed by atoms with Crippen molar-refractivity contribution in [3.8, 4) is 11.1 Å². The highest BCUT2D eigenvalue weighted by Crippen LogP contribution is 2.35. The summed E-state index contributed by atoms with van der Waals surface area (Å²) in [6.45, 7) is 1.95. The third-order valence-corrected chi connectivity index (χ3v) is 4.51. The quantitative estimate of drug-likeness (QED) is 0.730. The van der Waals surface area contributed by atoms with Crippen molar-refractivity contribution in [2.45, 2.75) is 13.0 Å². The summed E-state index contributed by atoms with van der Waals surface area (Å²) in [6, 6.07) is 7.82. The van der Waals surface area contributed by atoms with Gasteiger partial charge in [0.05, 0.1) is 5.02 Å². The Bertz CT molecular complexity index is 646. The molecule has 0 amide bonds. The topological polar surface area (TPSA) is 12.0 Å². The van der Waals surface area contributed by atoms with Crippen LogP contribution in [-0.4, -0.2) is 7.05 Å². The molecule has 0 bridgehead atoms. The van der Waals surface area contributed by atoms with E-state index in [1.807, 2.05) is 14.0 Å². The number of rotatable bonds is 3. The molecular formula is C15H13BrClF2N. The van der Waals surface area contributed by atoms with Gasteiger partial charge in [0.1, 0.15) is 5.82 Å². The molecule has 106 valence electrons. The van der Waals surface area contributed by atoms with E-state index < -0.39 is 11.6 Å². The van der Waals surface area contributed by atoms with Gasteiger partial charge in [-0.25, -0.2) is 8.78 Å². The van der Waals surface area contributed by atoms with Crippen LogP contribution in [0.2, 0.25) is 5.02 Å². The number of hydrogen-bond donors (Lipinski definition) is 1. The first-order chi connectivity index (χ1) is 9.45. The predicted octanol–water partition coefficient (Wildman–Crippen LogP) is 5.33. The fourth-order valence-electron chi connectivity index (χ4n) is 1.92. The Balaban J connectivity index is 2.60. The second-order valence-corrected chi connectivity index (χ2v) is 5.70.